The number of ether oxygens (including phenoxy) is 2. The van der Waals surface area contributed by atoms with Crippen molar-refractivity contribution in [2.45, 2.75) is 35.6 Å². The summed E-state index contributed by atoms with van der Waals surface area (Å²) >= 11 is 0. The van der Waals surface area contributed by atoms with Crippen LogP contribution < -0.4 is 10.2 Å². The van der Waals surface area contributed by atoms with Gasteiger partial charge in [-0.1, -0.05) is 6.07 Å². The zero-order valence-electron chi connectivity index (χ0n) is 16.4. The zero-order valence-corrected chi connectivity index (χ0v) is 17.2. The third-order valence-electron chi connectivity index (χ3n) is 5.20. The maximum absolute atomic E-state index is 13.0. The Kier molecular flexibility index (Phi) is 5.69. The van der Waals surface area contributed by atoms with E-state index < -0.39 is 85.8 Å². The van der Waals surface area contributed by atoms with Crippen LogP contribution in [0, 0.1) is 0 Å². The monoisotopic (exact) mass is 486 g/mol. The molecule has 0 amide bonds. The molecule has 5 atom stereocenters. The molecule has 1 fully saturated rings. The Labute approximate surface area is 184 Å². The van der Waals surface area contributed by atoms with E-state index in [-0.39, 0.29) is 11.1 Å². The molecule has 2 heterocycles. The summed E-state index contributed by atoms with van der Waals surface area (Å²) in [6, 6.07) is 4.36. The van der Waals surface area contributed by atoms with Crippen LogP contribution in [0.2, 0.25) is 0 Å². The van der Waals surface area contributed by atoms with Crippen molar-refractivity contribution in [1.82, 2.24) is 0 Å². The summed E-state index contributed by atoms with van der Waals surface area (Å²) in [6.07, 6.45) is -8.17. The molecule has 4 rings (SSSR count). The lowest BCUT2D eigenvalue weighted by molar-refractivity contribution is -0.277. The van der Waals surface area contributed by atoms with Crippen molar-refractivity contribution in [3.8, 4) is 17.2 Å². The number of aliphatic hydroxyl groups is 4. The quantitative estimate of drug-likeness (QED) is 0.170. The summed E-state index contributed by atoms with van der Waals surface area (Å²) in [4.78, 5) is 11.8. The highest BCUT2D eigenvalue weighted by Crippen LogP contribution is 2.39. The fourth-order valence-electron chi connectivity index (χ4n) is 3.60. The number of phenols is 2. The second-order valence-corrected chi connectivity index (χ2v) is 8.66. The number of phenolic OH excluding ortho intramolecular Hbond substituents is 2. The lowest BCUT2D eigenvalue weighted by Gasteiger charge is -2.39. The van der Waals surface area contributed by atoms with Crippen molar-refractivity contribution in [2.24, 2.45) is 0 Å². The fraction of sp³-hybridized carbons (Fsp3) is 0.316. The highest BCUT2D eigenvalue weighted by molar-refractivity contribution is 7.86. The molecule has 1 aliphatic heterocycles. The maximum Gasteiger partial charge on any atom is 0.302 e. The first-order valence-electron chi connectivity index (χ1n) is 9.34. The lowest BCUT2D eigenvalue weighted by atomic mass is 9.99. The van der Waals surface area contributed by atoms with E-state index in [1.165, 1.54) is 18.2 Å². The van der Waals surface area contributed by atoms with Gasteiger partial charge in [0.1, 0.15) is 41.3 Å². The zero-order chi connectivity index (χ0) is 24.2. The van der Waals surface area contributed by atoms with Crippen LogP contribution in [0.3, 0.4) is 0 Å². The smallest absolute Gasteiger partial charge is 0.302 e. The molecule has 178 valence electrons. The van der Waals surface area contributed by atoms with Gasteiger partial charge in [0.25, 0.3) is 0 Å². The van der Waals surface area contributed by atoms with Gasteiger partial charge in [-0.3, -0.25) is 9.35 Å². The Morgan fingerprint density at radius 3 is 2.33 bits per heavy atom. The summed E-state index contributed by atoms with van der Waals surface area (Å²) in [5.74, 6) is -2.21. The highest BCUT2D eigenvalue weighted by atomic mass is 32.2. The molecule has 33 heavy (non-hydrogen) atoms. The Morgan fingerprint density at radius 1 is 1.00 bits per heavy atom. The summed E-state index contributed by atoms with van der Waals surface area (Å²) in [7, 11) is -5.12. The predicted octanol–water partition coefficient (Wildman–Crippen LogP) is -1.22. The molecule has 1 aromatic heterocycles. The molecule has 1 aliphatic rings. The van der Waals surface area contributed by atoms with Gasteiger partial charge in [0.2, 0.25) is 11.7 Å². The average molecular weight is 486 g/mol. The number of aliphatic hydroxyl groups excluding tert-OH is 4. The van der Waals surface area contributed by atoms with E-state index in [1.807, 2.05) is 0 Å². The van der Waals surface area contributed by atoms with Crippen LogP contribution in [-0.2, 0) is 14.9 Å². The minimum Gasteiger partial charge on any atom is -0.507 e. The third kappa shape index (κ3) is 3.76. The van der Waals surface area contributed by atoms with E-state index in [4.69, 9.17) is 13.9 Å². The van der Waals surface area contributed by atoms with Crippen molar-refractivity contribution in [2.75, 3.05) is 6.61 Å². The lowest BCUT2D eigenvalue weighted by Crippen LogP contribution is -2.60. The molecule has 0 saturated carbocycles. The van der Waals surface area contributed by atoms with Crippen LogP contribution in [0.1, 0.15) is 0 Å². The molecular formula is C19H18O13S. The third-order valence-corrected chi connectivity index (χ3v) is 6.11. The molecular weight excluding hydrogens is 468 g/mol. The average Bonchev–Trinajstić information content (AvgIpc) is 2.73. The number of hydrogen-bond acceptors (Lipinski definition) is 12. The molecule has 3 aromatic rings. The van der Waals surface area contributed by atoms with Crippen molar-refractivity contribution in [3.05, 3.63) is 34.5 Å². The van der Waals surface area contributed by atoms with Gasteiger partial charge in [0, 0.05) is 6.07 Å². The first kappa shape index (κ1) is 23.2. The van der Waals surface area contributed by atoms with Crippen molar-refractivity contribution >= 4 is 32.1 Å². The van der Waals surface area contributed by atoms with Crippen LogP contribution in [0.25, 0.3) is 21.9 Å². The van der Waals surface area contributed by atoms with Crippen LogP contribution in [0.5, 0.6) is 17.2 Å². The fourth-order valence-corrected chi connectivity index (χ4v) is 4.30. The van der Waals surface area contributed by atoms with Crippen molar-refractivity contribution in [1.29, 1.82) is 0 Å². The molecule has 7 N–H and O–H groups in total. The SMILES string of the molecule is O=c1c2cccc(O[C@@H]3O[C@H](CO)[C@@H](O)[C@H](O)[C@H]3O)c2oc2c(S(=O)(=O)O)c(O)cc(O)c12. The van der Waals surface area contributed by atoms with E-state index in [9.17, 15) is 48.4 Å². The number of aromatic hydroxyl groups is 2. The topological polar surface area (TPSA) is 224 Å². The van der Waals surface area contributed by atoms with Crippen molar-refractivity contribution < 1.29 is 57.5 Å². The number of para-hydroxylation sites is 1. The van der Waals surface area contributed by atoms with Crippen molar-refractivity contribution in [3.63, 3.8) is 0 Å². The maximum atomic E-state index is 13.0. The number of benzene rings is 2. The van der Waals surface area contributed by atoms with Crippen LogP contribution >= 0.6 is 0 Å². The molecule has 0 spiro atoms. The van der Waals surface area contributed by atoms with E-state index in [2.05, 4.69) is 0 Å². The van der Waals surface area contributed by atoms with Gasteiger partial charge in [-0.25, -0.2) is 0 Å². The summed E-state index contributed by atoms with van der Waals surface area (Å²) in [5, 5.41) is 58.5. The summed E-state index contributed by atoms with van der Waals surface area (Å²) < 4.78 is 49.3. The molecule has 0 radical (unpaired) electrons. The van der Waals surface area contributed by atoms with Crippen LogP contribution in [-0.4, -0.2) is 80.9 Å². The second-order valence-electron chi connectivity index (χ2n) is 7.30. The van der Waals surface area contributed by atoms with Crippen LogP contribution in [0.15, 0.2) is 38.4 Å². The number of fused-ring (bicyclic) bond motifs is 2. The molecule has 0 unspecified atom stereocenters. The van der Waals surface area contributed by atoms with E-state index in [0.717, 1.165) is 0 Å². The summed E-state index contributed by atoms with van der Waals surface area (Å²) in [5.41, 5.74) is -2.22. The van der Waals surface area contributed by atoms with Gasteiger partial charge in [-0.05, 0) is 12.1 Å². The Morgan fingerprint density at radius 2 is 1.70 bits per heavy atom. The molecule has 1 saturated heterocycles. The van der Waals surface area contributed by atoms with Gasteiger partial charge in [0.05, 0.1) is 12.0 Å². The number of hydrogen-bond donors (Lipinski definition) is 7. The largest absolute Gasteiger partial charge is 0.507 e. The summed E-state index contributed by atoms with van der Waals surface area (Å²) in [6.45, 7) is -0.726. The standard InChI is InChI=1S/C19H18O13S/c20-5-10-13(24)14(25)15(26)19(31-10)30-9-3-1-2-6-12(23)11-7(21)4-8(22)18(33(27,28)29)17(11)32-16(6)9/h1-4,10,13-15,19-22,24-26H,5H2,(H,27,28,29)/t10-,13-,14+,15-,19-/m1/s1. The predicted molar refractivity (Wildman–Crippen MR) is 108 cm³/mol. The highest BCUT2D eigenvalue weighted by Gasteiger charge is 2.45. The Balaban J connectivity index is 1.94. The molecule has 13 nitrogen and oxygen atoms in total. The van der Waals surface area contributed by atoms with Gasteiger partial charge in [0.15, 0.2) is 21.8 Å². The minimum atomic E-state index is -5.12. The molecule has 0 bridgehead atoms. The molecule has 2 aromatic carbocycles. The first-order chi connectivity index (χ1) is 15.5. The van der Waals surface area contributed by atoms with E-state index in [0.29, 0.717) is 6.07 Å². The number of rotatable bonds is 4. The molecule has 14 heteroatoms. The second kappa shape index (κ2) is 8.11. The Bertz CT molecular complexity index is 1390. The first-order valence-corrected chi connectivity index (χ1v) is 10.8. The minimum absolute atomic E-state index is 0.216. The van der Waals surface area contributed by atoms with E-state index >= 15 is 0 Å². The van der Waals surface area contributed by atoms with Gasteiger partial charge in [-0.15, -0.1) is 0 Å². The van der Waals surface area contributed by atoms with Crippen LogP contribution in [0.4, 0.5) is 0 Å². The molecule has 0 aliphatic carbocycles. The van der Waals surface area contributed by atoms with Gasteiger partial charge >= 0.3 is 10.1 Å². The Hall–Kier alpha value is -2.98. The van der Waals surface area contributed by atoms with Gasteiger partial charge < -0.3 is 44.5 Å². The van der Waals surface area contributed by atoms with Gasteiger partial charge in [-0.2, -0.15) is 8.42 Å². The van der Waals surface area contributed by atoms with E-state index in [1.54, 1.807) is 0 Å². The normalized spacial score (nSPS) is 26.0.